The van der Waals surface area contributed by atoms with Crippen LogP contribution < -0.4 is 10.6 Å². The normalized spacial score (nSPS) is 31.6. The lowest BCUT2D eigenvalue weighted by Gasteiger charge is -2.37. The molecule has 86 valence electrons. The standard InChI is InChI=1S/C12H22N2O/c1-12(2)8-13-11(15)10(14-12)7-9-5-3-4-6-9/h9-10,14H,3-8H2,1-2H3,(H,13,15). The summed E-state index contributed by atoms with van der Waals surface area (Å²) < 4.78 is 0. The molecule has 0 aromatic carbocycles. The van der Waals surface area contributed by atoms with Crippen LogP contribution in [-0.4, -0.2) is 24.0 Å². The molecule has 2 fully saturated rings. The Bertz CT molecular complexity index is 244. The highest BCUT2D eigenvalue weighted by Gasteiger charge is 2.34. The van der Waals surface area contributed by atoms with Crippen LogP contribution in [0.15, 0.2) is 0 Å². The first-order chi connectivity index (χ1) is 7.07. The summed E-state index contributed by atoms with van der Waals surface area (Å²) in [6.07, 6.45) is 6.35. The van der Waals surface area contributed by atoms with Crippen molar-refractivity contribution in [2.75, 3.05) is 6.54 Å². The average molecular weight is 210 g/mol. The quantitative estimate of drug-likeness (QED) is 0.724. The van der Waals surface area contributed by atoms with Crippen LogP contribution in [0.3, 0.4) is 0 Å². The molecule has 3 heteroatoms. The Morgan fingerprint density at radius 2 is 2.00 bits per heavy atom. The molecule has 15 heavy (non-hydrogen) atoms. The van der Waals surface area contributed by atoms with Gasteiger partial charge in [-0.2, -0.15) is 0 Å². The van der Waals surface area contributed by atoms with Crippen LogP contribution in [0.25, 0.3) is 0 Å². The Morgan fingerprint density at radius 3 is 2.67 bits per heavy atom. The topological polar surface area (TPSA) is 41.1 Å². The van der Waals surface area contributed by atoms with Gasteiger partial charge in [0.1, 0.15) is 0 Å². The first-order valence-corrected chi connectivity index (χ1v) is 6.12. The summed E-state index contributed by atoms with van der Waals surface area (Å²) in [6, 6.07) is 0.0387. The van der Waals surface area contributed by atoms with Crippen LogP contribution in [0.4, 0.5) is 0 Å². The van der Waals surface area contributed by atoms with E-state index >= 15 is 0 Å². The summed E-state index contributed by atoms with van der Waals surface area (Å²) in [6.45, 7) is 5.04. The van der Waals surface area contributed by atoms with Gasteiger partial charge in [0.25, 0.3) is 0 Å². The molecule has 1 aliphatic carbocycles. The van der Waals surface area contributed by atoms with Gasteiger partial charge in [0.05, 0.1) is 6.04 Å². The molecular formula is C12H22N2O. The van der Waals surface area contributed by atoms with Gasteiger partial charge in [-0.15, -0.1) is 0 Å². The Kier molecular flexibility index (Phi) is 3.01. The van der Waals surface area contributed by atoms with Crippen molar-refractivity contribution in [1.29, 1.82) is 0 Å². The van der Waals surface area contributed by atoms with Crippen molar-refractivity contribution in [2.45, 2.75) is 57.5 Å². The van der Waals surface area contributed by atoms with Gasteiger partial charge >= 0.3 is 0 Å². The SMILES string of the molecule is CC1(C)CNC(=O)C(CC2CCCC2)N1. The second kappa shape index (κ2) is 4.12. The molecule has 3 nitrogen and oxygen atoms in total. The third kappa shape index (κ3) is 2.71. The van der Waals surface area contributed by atoms with E-state index < -0.39 is 0 Å². The Balaban J connectivity index is 1.91. The zero-order valence-corrected chi connectivity index (χ0v) is 9.81. The number of piperazine rings is 1. The summed E-state index contributed by atoms with van der Waals surface area (Å²) in [4.78, 5) is 11.7. The Labute approximate surface area is 92.0 Å². The lowest BCUT2D eigenvalue weighted by Crippen LogP contribution is -2.63. The maximum absolute atomic E-state index is 11.7. The second-order valence-corrected chi connectivity index (χ2v) is 5.68. The van der Waals surface area contributed by atoms with E-state index in [4.69, 9.17) is 0 Å². The molecule has 1 aliphatic heterocycles. The van der Waals surface area contributed by atoms with E-state index in [0.29, 0.717) is 0 Å². The number of rotatable bonds is 2. The van der Waals surface area contributed by atoms with Crippen LogP contribution in [0.5, 0.6) is 0 Å². The maximum atomic E-state index is 11.7. The minimum atomic E-state index is 0.0387. The van der Waals surface area contributed by atoms with Gasteiger partial charge in [-0.25, -0.2) is 0 Å². The molecule has 0 bridgehead atoms. The van der Waals surface area contributed by atoms with Gasteiger partial charge in [0, 0.05) is 12.1 Å². The van der Waals surface area contributed by atoms with Gasteiger partial charge in [-0.3, -0.25) is 10.1 Å². The first kappa shape index (κ1) is 10.9. The Morgan fingerprint density at radius 1 is 1.33 bits per heavy atom. The summed E-state index contributed by atoms with van der Waals surface area (Å²) in [5, 5.41) is 6.45. The van der Waals surface area contributed by atoms with Crippen molar-refractivity contribution in [3.05, 3.63) is 0 Å². The summed E-state index contributed by atoms with van der Waals surface area (Å²) in [7, 11) is 0. The number of hydrogen-bond donors (Lipinski definition) is 2. The minimum absolute atomic E-state index is 0.0387. The zero-order chi connectivity index (χ0) is 10.9. The molecule has 1 atom stereocenters. The van der Waals surface area contributed by atoms with Crippen LogP contribution in [-0.2, 0) is 4.79 Å². The molecule has 1 amide bonds. The van der Waals surface area contributed by atoms with E-state index in [-0.39, 0.29) is 17.5 Å². The van der Waals surface area contributed by atoms with Crippen LogP contribution in [0, 0.1) is 5.92 Å². The number of hydrogen-bond acceptors (Lipinski definition) is 2. The first-order valence-electron chi connectivity index (χ1n) is 6.12. The molecule has 0 aromatic heterocycles. The molecule has 2 aliphatic rings. The number of carbonyl (C=O) groups is 1. The van der Waals surface area contributed by atoms with Crippen molar-refractivity contribution < 1.29 is 4.79 Å². The van der Waals surface area contributed by atoms with Crippen molar-refractivity contribution in [1.82, 2.24) is 10.6 Å². The monoisotopic (exact) mass is 210 g/mol. The fourth-order valence-electron chi connectivity index (χ4n) is 2.76. The van der Waals surface area contributed by atoms with Gasteiger partial charge in [-0.05, 0) is 26.2 Å². The highest BCUT2D eigenvalue weighted by molar-refractivity contribution is 5.82. The second-order valence-electron chi connectivity index (χ2n) is 5.68. The van der Waals surface area contributed by atoms with Crippen molar-refractivity contribution in [3.8, 4) is 0 Å². The van der Waals surface area contributed by atoms with Crippen molar-refractivity contribution in [2.24, 2.45) is 5.92 Å². The zero-order valence-electron chi connectivity index (χ0n) is 9.81. The lowest BCUT2D eigenvalue weighted by atomic mass is 9.92. The minimum Gasteiger partial charge on any atom is -0.353 e. The fourth-order valence-corrected chi connectivity index (χ4v) is 2.76. The smallest absolute Gasteiger partial charge is 0.237 e. The fraction of sp³-hybridized carbons (Fsp3) is 0.917. The van der Waals surface area contributed by atoms with E-state index in [1.165, 1.54) is 25.7 Å². The van der Waals surface area contributed by atoms with Crippen molar-refractivity contribution >= 4 is 5.91 Å². The van der Waals surface area contributed by atoms with E-state index in [9.17, 15) is 4.79 Å². The highest BCUT2D eigenvalue weighted by Crippen LogP contribution is 2.29. The van der Waals surface area contributed by atoms with Crippen LogP contribution >= 0.6 is 0 Å². The summed E-state index contributed by atoms with van der Waals surface area (Å²) in [5.74, 6) is 0.961. The molecule has 1 saturated heterocycles. The van der Waals surface area contributed by atoms with E-state index in [0.717, 1.165) is 18.9 Å². The molecule has 2 rings (SSSR count). The van der Waals surface area contributed by atoms with Gasteiger partial charge in [0.15, 0.2) is 0 Å². The van der Waals surface area contributed by atoms with Crippen molar-refractivity contribution in [3.63, 3.8) is 0 Å². The number of amides is 1. The number of nitrogens with one attached hydrogen (secondary N) is 2. The van der Waals surface area contributed by atoms with Crippen LogP contribution in [0.2, 0.25) is 0 Å². The van der Waals surface area contributed by atoms with Gasteiger partial charge in [0.2, 0.25) is 5.91 Å². The molecule has 1 heterocycles. The molecule has 0 aromatic rings. The predicted octanol–water partition coefficient (Wildman–Crippen LogP) is 1.43. The van der Waals surface area contributed by atoms with E-state index in [2.05, 4.69) is 24.5 Å². The van der Waals surface area contributed by atoms with E-state index in [1.54, 1.807) is 0 Å². The van der Waals surface area contributed by atoms with Crippen LogP contribution in [0.1, 0.15) is 46.0 Å². The Hall–Kier alpha value is -0.570. The van der Waals surface area contributed by atoms with Gasteiger partial charge < -0.3 is 5.32 Å². The summed E-state index contributed by atoms with van der Waals surface area (Å²) >= 11 is 0. The molecule has 2 N–H and O–H groups in total. The maximum Gasteiger partial charge on any atom is 0.237 e. The van der Waals surface area contributed by atoms with Gasteiger partial charge in [-0.1, -0.05) is 25.7 Å². The third-order valence-corrected chi connectivity index (χ3v) is 3.63. The molecule has 1 saturated carbocycles. The van der Waals surface area contributed by atoms with E-state index in [1.807, 2.05) is 0 Å². The lowest BCUT2D eigenvalue weighted by molar-refractivity contribution is -0.126. The molecule has 0 radical (unpaired) electrons. The predicted molar refractivity (Wildman–Crippen MR) is 60.6 cm³/mol. The molecule has 1 unspecified atom stereocenters. The number of carbonyl (C=O) groups excluding carboxylic acids is 1. The molecular weight excluding hydrogens is 188 g/mol. The largest absolute Gasteiger partial charge is 0.353 e. The molecule has 0 spiro atoms. The third-order valence-electron chi connectivity index (χ3n) is 3.63. The average Bonchev–Trinajstić information content (AvgIpc) is 2.64. The summed E-state index contributed by atoms with van der Waals surface area (Å²) in [5.41, 5.74) is 0.0528. The highest BCUT2D eigenvalue weighted by atomic mass is 16.2.